The van der Waals surface area contributed by atoms with E-state index >= 15 is 0 Å². The summed E-state index contributed by atoms with van der Waals surface area (Å²) in [6, 6.07) is 7.86. The Labute approximate surface area is 125 Å². The molecule has 0 saturated heterocycles. The highest BCUT2D eigenvalue weighted by Crippen LogP contribution is 2.28. The molecule has 3 aromatic rings. The summed E-state index contributed by atoms with van der Waals surface area (Å²) in [5.74, 6) is 0.401. The monoisotopic (exact) mass is 330 g/mol. The summed E-state index contributed by atoms with van der Waals surface area (Å²) >= 11 is 3.43. The molecule has 0 atom stereocenters. The number of pyridine rings is 1. The number of nitrogen functional groups attached to an aromatic ring is 1. The maximum absolute atomic E-state index is 6.04. The molecule has 0 unspecified atom stereocenters. The molecule has 4 nitrogen and oxygen atoms in total. The Kier molecular flexibility index (Phi) is 3.22. The van der Waals surface area contributed by atoms with Crippen LogP contribution in [0.3, 0.4) is 0 Å². The van der Waals surface area contributed by atoms with Gasteiger partial charge in [0.1, 0.15) is 0 Å². The Morgan fingerprint density at radius 2 is 2.05 bits per heavy atom. The van der Waals surface area contributed by atoms with Crippen molar-refractivity contribution in [3.05, 3.63) is 46.8 Å². The topological polar surface area (TPSA) is 56.7 Å². The van der Waals surface area contributed by atoms with E-state index in [9.17, 15) is 0 Å². The minimum absolute atomic E-state index is 0.401. The van der Waals surface area contributed by atoms with Crippen molar-refractivity contribution in [3.63, 3.8) is 0 Å². The van der Waals surface area contributed by atoms with Crippen LogP contribution in [0, 0.1) is 0 Å². The van der Waals surface area contributed by atoms with Crippen LogP contribution in [0.2, 0.25) is 0 Å². The van der Waals surface area contributed by atoms with Crippen LogP contribution >= 0.6 is 15.9 Å². The number of anilines is 1. The van der Waals surface area contributed by atoms with Crippen LogP contribution in [0.1, 0.15) is 25.5 Å². The molecule has 0 aliphatic carbocycles. The standard InChI is InChI=1S/C15H15BrN4/c1-9(2)13-5-6-20(19-13)14-4-3-12(17)11-7-10(16)8-18-15(11)14/h3-9H,17H2,1-2H3. The fourth-order valence-electron chi connectivity index (χ4n) is 2.17. The summed E-state index contributed by atoms with van der Waals surface area (Å²) in [4.78, 5) is 4.48. The Balaban J connectivity index is 2.23. The summed E-state index contributed by atoms with van der Waals surface area (Å²) in [5.41, 5.74) is 9.61. The van der Waals surface area contributed by atoms with Crippen molar-refractivity contribution < 1.29 is 0 Å². The van der Waals surface area contributed by atoms with E-state index in [0.29, 0.717) is 11.6 Å². The largest absolute Gasteiger partial charge is 0.398 e. The smallest absolute Gasteiger partial charge is 0.0980 e. The van der Waals surface area contributed by atoms with E-state index in [0.717, 1.165) is 26.8 Å². The molecule has 1 aromatic carbocycles. The van der Waals surface area contributed by atoms with Crippen LogP contribution in [0.25, 0.3) is 16.6 Å². The molecule has 0 bridgehead atoms. The first-order chi connectivity index (χ1) is 9.56. The molecule has 20 heavy (non-hydrogen) atoms. The summed E-state index contributed by atoms with van der Waals surface area (Å²) in [6.45, 7) is 4.26. The van der Waals surface area contributed by atoms with Crippen LogP contribution in [0.15, 0.2) is 41.1 Å². The fourth-order valence-corrected chi connectivity index (χ4v) is 2.50. The minimum Gasteiger partial charge on any atom is -0.398 e. The van der Waals surface area contributed by atoms with E-state index in [1.54, 1.807) is 6.20 Å². The summed E-state index contributed by atoms with van der Waals surface area (Å²) in [5, 5.41) is 5.54. The van der Waals surface area contributed by atoms with Crippen LogP contribution in [-0.4, -0.2) is 14.8 Å². The van der Waals surface area contributed by atoms with Gasteiger partial charge in [0.25, 0.3) is 0 Å². The Morgan fingerprint density at radius 3 is 2.75 bits per heavy atom. The molecular formula is C15H15BrN4. The highest BCUT2D eigenvalue weighted by atomic mass is 79.9. The Bertz CT molecular complexity index is 777. The zero-order chi connectivity index (χ0) is 14.3. The molecule has 0 fully saturated rings. The van der Waals surface area contributed by atoms with Crippen molar-refractivity contribution in [2.45, 2.75) is 19.8 Å². The van der Waals surface area contributed by atoms with Crippen molar-refractivity contribution in [1.29, 1.82) is 0 Å². The third kappa shape index (κ3) is 2.18. The lowest BCUT2D eigenvalue weighted by atomic mass is 10.1. The number of aromatic nitrogens is 3. The van der Waals surface area contributed by atoms with E-state index in [2.05, 4.69) is 39.9 Å². The molecule has 0 amide bonds. The molecule has 2 N–H and O–H groups in total. The van der Waals surface area contributed by atoms with E-state index in [4.69, 9.17) is 5.73 Å². The number of fused-ring (bicyclic) bond motifs is 1. The number of hydrogen-bond donors (Lipinski definition) is 1. The number of halogens is 1. The van der Waals surface area contributed by atoms with Gasteiger partial charge in [-0.05, 0) is 46.1 Å². The molecule has 0 radical (unpaired) electrons. The number of hydrogen-bond acceptors (Lipinski definition) is 3. The van der Waals surface area contributed by atoms with Gasteiger partial charge in [-0.15, -0.1) is 0 Å². The van der Waals surface area contributed by atoms with Crippen LogP contribution in [0.4, 0.5) is 5.69 Å². The van der Waals surface area contributed by atoms with E-state index in [1.165, 1.54) is 0 Å². The summed E-state index contributed by atoms with van der Waals surface area (Å²) in [6.07, 6.45) is 3.74. The van der Waals surface area contributed by atoms with E-state index in [1.807, 2.05) is 35.1 Å². The Hall–Kier alpha value is -1.88. The molecule has 5 heteroatoms. The molecule has 0 aliphatic heterocycles. The number of benzene rings is 1. The maximum Gasteiger partial charge on any atom is 0.0980 e. The molecule has 0 aliphatic rings. The lowest BCUT2D eigenvalue weighted by Crippen LogP contribution is -2.00. The normalized spacial score (nSPS) is 11.4. The molecule has 3 rings (SSSR count). The number of nitrogens with two attached hydrogens (primary N) is 1. The average Bonchev–Trinajstić information content (AvgIpc) is 2.89. The predicted octanol–water partition coefficient (Wildman–Crippen LogP) is 3.89. The van der Waals surface area contributed by atoms with Crippen molar-refractivity contribution >= 4 is 32.5 Å². The minimum atomic E-state index is 0.401. The highest BCUT2D eigenvalue weighted by molar-refractivity contribution is 9.10. The van der Waals surface area contributed by atoms with Gasteiger partial charge in [0.15, 0.2) is 0 Å². The van der Waals surface area contributed by atoms with Gasteiger partial charge in [-0.1, -0.05) is 13.8 Å². The van der Waals surface area contributed by atoms with Gasteiger partial charge in [0.2, 0.25) is 0 Å². The van der Waals surface area contributed by atoms with Crippen molar-refractivity contribution in [2.75, 3.05) is 5.73 Å². The van der Waals surface area contributed by atoms with Gasteiger partial charge in [0.05, 0.1) is 16.9 Å². The lowest BCUT2D eigenvalue weighted by Gasteiger charge is -2.08. The molecule has 102 valence electrons. The molecule has 0 saturated carbocycles. The van der Waals surface area contributed by atoms with Crippen LogP contribution in [0.5, 0.6) is 0 Å². The summed E-state index contributed by atoms with van der Waals surface area (Å²) in [7, 11) is 0. The molecule has 0 spiro atoms. The average molecular weight is 331 g/mol. The quantitative estimate of drug-likeness (QED) is 0.725. The third-order valence-electron chi connectivity index (χ3n) is 3.28. The van der Waals surface area contributed by atoms with Crippen molar-refractivity contribution in [3.8, 4) is 5.69 Å². The third-order valence-corrected chi connectivity index (χ3v) is 3.71. The zero-order valence-electron chi connectivity index (χ0n) is 11.3. The van der Waals surface area contributed by atoms with E-state index < -0.39 is 0 Å². The highest BCUT2D eigenvalue weighted by Gasteiger charge is 2.10. The fraction of sp³-hybridized carbons (Fsp3) is 0.200. The van der Waals surface area contributed by atoms with Crippen LogP contribution in [-0.2, 0) is 0 Å². The number of nitrogens with zero attached hydrogens (tertiary/aromatic N) is 3. The first-order valence-corrected chi connectivity index (χ1v) is 7.25. The van der Waals surface area contributed by atoms with Gasteiger partial charge in [-0.2, -0.15) is 5.10 Å². The SMILES string of the molecule is CC(C)c1ccn(-c2ccc(N)c3cc(Br)cnc23)n1. The van der Waals surface area contributed by atoms with Crippen LogP contribution < -0.4 is 5.73 Å². The van der Waals surface area contributed by atoms with Gasteiger partial charge >= 0.3 is 0 Å². The van der Waals surface area contributed by atoms with E-state index in [-0.39, 0.29) is 0 Å². The lowest BCUT2D eigenvalue weighted by molar-refractivity contribution is 0.770. The second kappa shape index (κ2) is 4.90. The van der Waals surface area contributed by atoms with Gasteiger partial charge < -0.3 is 5.73 Å². The van der Waals surface area contributed by atoms with Crippen molar-refractivity contribution in [2.24, 2.45) is 0 Å². The summed E-state index contributed by atoms with van der Waals surface area (Å²) < 4.78 is 2.77. The second-order valence-electron chi connectivity index (χ2n) is 5.06. The molecule has 2 heterocycles. The van der Waals surface area contributed by atoms with Gasteiger partial charge in [-0.25, -0.2) is 4.68 Å². The predicted molar refractivity (Wildman–Crippen MR) is 85.1 cm³/mol. The second-order valence-corrected chi connectivity index (χ2v) is 5.98. The van der Waals surface area contributed by atoms with Gasteiger partial charge in [-0.3, -0.25) is 4.98 Å². The number of rotatable bonds is 2. The zero-order valence-corrected chi connectivity index (χ0v) is 12.9. The first-order valence-electron chi connectivity index (χ1n) is 6.46. The van der Waals surface area contributed by atoms with Crippen molar-refractivity contribution in [1.82, 2.24) is 14.8 Å². The molecule has 2 aromatic heterocycles. The Morgan fingerprint density at radius 1 is 1.25 bits per heavy atom. The first kappa shape index (κ1) is 13.1. The molecular weight excluding hydrogens is 316 g/mol. The maximum atomic E-state index is 6.04. The van der Waals surface area contributed by atoms with Gasteiger partial charge in [0, 0.05) is 27.9 Å².